The van der Waals surface area contributed by atoms with Crippen molar-refractivity contribution in [1.82, 2.24) is 15.3 Å². The second-order valence-electron chi connectivity index (χ2n) is 5.31. The molecular formula is C15H17ClN4OS. The monoisotopic (exact) mass is 336 g/mol. The van der Waals surface area contributed by atoms with E-state index in [2.05, 4.69) is 20.2 Å². The zero-order chi connectivity index (χ0) is 15.4. The van der Waals surface area contributed by atoms with E-state index in [0.717, 1.165) is 31.7 Å². The normalized spacial score (nSPS) is 15.8. The molecule has 0 atom stereocenters. The maximum absolute atomic E-state index is 12.0. The number of anilines is 1. The summed E-state index contributed by atoms with van der Waals surface area (Å²) in [5, 5.41) is 3.00. The summed E-state index contributed by atoms with van der Waals surface area (Å²) in [7, 11) is 0. The van der Waals surface area contributed by atoms with E-state index in [1.54, 1.807) is 30.7 Å². The minimum absolute atomic E-state index is 0.0340. The highest BCUT2D eigenvalue weighted by Crippen LogP contribution is 2.22. The number of amides is 1. The van der Waals surface area contributed by atoms with Crippen molar-refractivity contribution in [2.75, 3.05) is 24.5 Å². The highest BCUT2D eigenvalue weighted by Gasteiger charge is 2.21. The van der Waals surface area contributed by atoms with Crippen LogP contribution in [0.15, 0.2) is 30.7 Å². The van der Waals surface area contributed by atoms with Gasteiger partial charge in [0.15, 0.2) is 0 Å². The Balaban J connectivity index is 1.45. The van der Waals surface area contributed by atoms with Crippen LogP contribution in [0.5, 0.6) is 0 Å². The number of hydrogen-bond donors (Lipinski definition) is 1. The second kappa shape index (κ2) is 7.07. The molecular weight excluding hydrogens is 320 g/mol. The molecule has 3 rings (SSSR count). The Labute approximate surface area is 138 Å². The summed E-state index contributed by atoms with van der Waals surface area (Å²) in [5.74, 6) is 1.40. The van der Waals surface area contributed by atoms with Crippen LogP contribution in [-0.4, -0.2) is 35.5 Å². The van der Waals surface area contributed by atoms with Crippen LogP contribution in [0, 0.1) is 5.92 Å². The van der Waals surface area contributed by atoms with E-state index in [-0.39, 0.29) is 5.91 Å². The van der Waals surface area contributed by atoms with E-state index < -0.39 is 0 Å². The van der Waals surface area contributed by atoms with Crippen LogP contribution >= 0.6 is 22.9 Å². The topological polar surface area (TPSA) is 58.1 Å². The highest BCUT2D eigenvalue weighted by molar-refractivity contribution is 7.17. The molecule has 1 amide bonds. The zero-order valence-electron chi connectivity index (χ0n) is 12.0. The van der Waals surface area contributed by atoms with Crippen LogP contribution in [-0.2, 0) is 0 Å². The first-order valence-electron chi connectivity index (χ1n) is 7.27. The molecule has 0 saturated carbocycles. The first-order chi connectivity index (χ1) is 10.7. The van der Waals surface area contributed by atoms with E-state index in [1.807, 2.05) is 0 Å². The molecule has 1 saturated heterocycles. The van der Waals surface area contributed by atoms with Gasteiger partial charge in [-0.1, -0.05) is 11.6 Å². The summed E-state index contributed by atoms with van der Waals surface area (Å²) in [6, 6.07) is 3.51. The number of hydrogen-bond acceptors (Lipinski definition) is 5. The first kappa shape index (κ1) is 15.2. The van der Waals surface area contributed by atoms with Crippen molar-refractivity contribution in [2.45, 2.75) is 12.8 Å². The van der Waals surface area contributed by atoms with Crippen molar-refractivity contribution in [1.29, 1.82) is 0 Å². The van der Waals surface area contributed by atoms with E-state index in [9.17, 15) is 4.79 Å². The predicted octanol–water partition coefficient (Wildman–Crippen LogP) is 2.84. The Morgan fingerprint density at radius 2 is 2.18 bits per heavy atom. The third-order valence-corrected chi connectivity index (χ3v) is 5.07. The van der Waals surface area contributed by atoms with Gasteiger partial charge in [0.25, 0.3) is 5.91 Å². The second-order valence-corrected chi connectivity index (χ2v) is 7.02. The van der Waals surface area contributed by atoms with Crippen LogP contribution in [0.4, 0.5) is 5.82 Å². The minimum atomic E-state index is -0.0340. The number of nitrogens with one attached hydrogen (secondary N) is 1. The summed E-state index contributed by atoms with van der Waals surface area (Å²) in [6.07, 6.45) is 7.28. The van der Waals surface area contributed by atoms with Gasteiger partial charge in [0, 0.05) is 32.0 Å². The number of nitrogens with zero attached hydrogens (tertiary/aromatic N) is 3. The fourth-order valence-corrected chi connectivity index (χ4v) is 3.54. The molecule has 7 heteroatoms. The quantitative estimate of drug-likeness (QED) is 0.932. The van der Waals surface area contributed by atoms with Gasteiger partial charge in [-0.25, -0.2) is 4.98 Å². The molecule has 1 fully saturated rings. The number of aromatic nitrogens is 2. The van der Waals surface area contributed by atoms with Crippen molar-refractivity contribution in [3.8, 4) is 0 Å². The number of thiophene rings is 1. The molecule has 0 radical (unpaired) electrons. The standard InChI is InChI=1S/C15H17ClN4OS/c16-13-2-1-12(22-13)15(21)19-9-11-3-7-20(8-4-11)14-10-17-5-6-18-14/h1-2,5-6,10-11H,3-4,7-9H2,(H,19,21). The molecule has 1 aliphatic rings. The molecule has 2 aromatic heterocycles. The molecule has 3 heterocycles. The van der Waals surface area contributed by atoms with Gasteiger partial charge in [-0.2, -0.15) is 0 Å². The Morgan fingerprint density at radius 1 is 1.36 bits per heavy atom. The average Bonchev–Trinajstić information content (AvgIpc) is 3.00. The fourth-order valence-electron chi connectivity index (χ4n) is 2.58. The molecule has 22 heavy (non-hydrogen) atoms. The molecule has 1 aliphatic heterocycles. The SMILES string of the molecule is O=C(NCC1CCN(c2cnccn2)CC1)c1ccc(Cl)s1. The third kappa shape index (κ3) is 3.75. The maximum Gasteiger partial charge on any atom is 0.261 e. The van der Waals surface area contributed by atoms with Gasteiger partial charge in [-0.05, 0) is 30.9 Å². The average molecular weight is 337 g/mol. The molecule has 0 spiro atoms. The number of carbonyl (C=O) groups is 1. The van der Waals surface area contributed by atoms with E-state index in [0.29, 0.717) is 21.7 Å². The first-order valence-corrected chi connectivity index (χ1v) is 8.46. The van der Waals surface area contributed by atoms with Crippen molar-refractivity contribution in [3.05, 3.63) is 39.9 Å². The van der Waals surface area contributed by atoms with Crippen molar-refractivity contribution in [2.24, 2.45) is 5.92 Å². The van der Waals surface area contributed by atoms with E-state index >= 15 is 0 Å². The van der Waals surface area contributed by atoms with Crippen LogP contribution in [0.2, 0.25) is 4.34 Å². The van der Waals surface area contributed by atoms with Gasteiger partial charge in [0.1, 0.15) is 5.82 Å². The Hall–Kier alpha value is -1.66. The minimum Gasteiger partial charge on any atom is -0.355 e. The van der Waals surface area contributed by atoms with Crippen LogP contribution in [0.3, 0.4) is 0 Å². The van der Waals surface area contributed by atoms with Gasteiger partial charge in [0.05, 0.1) is 15.4 Å². The Kier molecular flexibility index (Phi) is 4.90. The summed E-state index contributed by atoms with van der Waals surface area (Å²) in [6.45, 7) is 2.61. The van der Waals surface area contributed by atoms with Crippen molar-refractivity contribution >= 4 is 34.7 Å². The molecule has 0 aromatic carbocycles. The number of carbonyl (C=O) groups excluding carboxylic acids is 1. The third-order valence-electron chi connectivity index (χ3n) is 3.84. The fraction of sp³-hybridized carbons (Fsp3) is 0.400. The molecule has 116 valence electrons. The molecule has 2 aromatic rings. The Morgan fingerprint density at radius 3 is 2.82 bits per heavy atom. The van der Waals surface area contributed by atoms with Gasteiger partial charge in [0.2, 0.25) is 0 Å². The van der Waals surface area contributed by atoms with Gasteiger partial charge in [-0.15, -0.1) is 11.3 Å². The van der Waals surface area contributed by atoms with Gasteiger partial charge >= 0.3 is 0 Å². The van der Waals surface area contributed by atoms with E-state index in [1.165, 1.54) is 11.3 Å². The lowest BCUT2D eigenvalue weighted by Gasteiger charge is -2.32. The number of rotatable bonds is 4. The number of piperidine rings is 1. The highest BCUT2D eigenvalue weighted by atomic mass is 35.5. The maximum atomic E-state index is 12.0. The molecule has 5 nitrogen and oxygen atoms in total. The molecule has 0 bridgehead atoms. The smallest absolute Gasteiger partial charge is 0.261 e. The van der Waals surface area contributed by atoms with Crippen LogP contribution in [0.1, 0.15) is 22.5 Å². The van der Waals surface area contributed by atoms with Crippen LogP contribution in [0.25, 0.3) is 0 Å². The zero-order valence-corrected chi connectivity index (χ0v) is 13.6. The summed E-state index contributed by atoms with van der Waals surface area (Å²) >= 11 is 7.16. The lowest BCUT2D eigenvalue weighted by molar-refractivity contribution is 0.0949. The summed E-state index contributed by atoms with van der Waals surface area (Å²) in [5.41, 5.74) is 0. The molecule has 0 aliphatic carbocycles. The predicted molar refractivity (Wildman–Crippen MR) is 88.6 cm³/mol. The number of halogens is 1. The van der Waals surface area contributed by atoms with Gasteiger partial charge in [-0.3, -0.25) is 9.78 Å². The summed E-state index contributed by atoms with van der Waals surface area (Å²) in [4.78, 5) is 23.3. The Bertz CT molecular complexity index is 625. The summed E-state index contributed by atoms with van der Waals surface area (Å²) < 4.78 is 0.641. The lowest BCUT2D eigenvalue weighted by Crippen LogP contribution is -2.38. The van der Waals surface area contributed by atoms with E-state index in [4.69, 9.17) is 11.6 Å². The van der Waals surface area contributed by atoms with Crippen LogP contribution < -0.4 is 10.2 Å². The van der Waals surface area contributed by atoms with Crippen molar-refractivity contribution < 1.29 is 4.79 Å². The lowest BCUT2D eigenvalue weighted by atomic mass is 9.97. The molecule has 0 unspecified atom stereocenters. The van der Waals surface area contributed by atoms with Gasteiger partial charge < -0.3 is 10.2 Å². The molecule has 1 N–H and O–H groups in total. The van der Waals surface area contributed by atoms with Crippen molar-refractivity contribution in [3.63, 3.8) is 0 Å². The largest absolute Gasteiger partial charge is 0.355 e.